The first kappa shape index (κ1) is 21.5. The second kappa shape index (κ2) is 8.69. The summed E-state index contributed by atoms with van der Waals surface area (Å²) in [6.07, 6.45) is -1.47. The van der Waals surface area contributed by atoms with Crippen LogP contribution in [0.4, 0.5) is 13.2 Å². The van der Waals surface area contributed by atoms with E-state index in [1.54, 1.807) is 11.8 Å². The van der Waals surface area contributed by atoms with E-state index in [-0.39, 0.29) is 17.8 Å². The number of hydrogen-bond donors (Lipinski definition) is 0. The van der Waals surface area contributed by atoms with Crippen molar-refractivity contribution in [1.29, 1.82) is 0 Å². The lowest BCUT2D eigenvalue weighted by atomic mass is 10.1. The van der Waals surface area contributed by atoms with Crippen LogP contribution in [0.15, 0.2) is 54.9 Å². The second-order valence-electron chi connectivity index (χ2n) is 7.13. The number of nitrogens with zero attached hydrogens (tertiary/aromatic N) is 4. The zero-order valence-electron chi connectivity index (χ0n) is 17.0. The van der Waals surface area contributed by atoms with Crippen molar-refractivity contribution in [3.8, 4) is 5.82 Å². The second-order valence-corrected chi connectivity index (χ2v) is 7.13. The lowest BCUT2D eigenvalue weighted by Crippen LogP contribution is -2.38. The zero-order chi connectivity index (χ0) is 21.9. The first-order chi connectivity index (χ1) is 14.2. The molecule has 0 aliphatic rings. The van der Waals surface area contributed by atoms with Crippen molar-refractivity contribution in [2.45, 2.75) is 46.0 Å². The SMILES string of the molecule is CCC(C)N(Cc1ccccc1)C(=O)c1cnn(-c2ccc(C(F)(F)F)cn2)c1C. The predicted octanol–water partition coefficient (Wildman–Crippen LogP) is 5.04. The molecular weight excluding hydrogens is 393 g/mol. The van der Waals surface area contributed by atoms with Crippen LogP contribution in [-0.2, 0) is 12.7 Å². The van der Waals surface area contributed by atoms with Gasteiger partial charge in [-0.3, -0.25) is 4.79 Å². The van der Waals surface area contributed by atoms with Crippen molar-refractivity contribution >= 4 is 5.91 Å². The van der Waals surface area contributed by atoms with Crippen LogP contribution in [0.25, 0.3) is 5.82 Å². The van der Waals surface area contributed by atoms with Gasteiger partial charge in [-0.15, -0.1) is 0 Å². The van der Waals surface area contributed by atoms with Gasteiger partial charge in [-0.25, -0.2) is 9.67 Å². The van der Waals surface area contributed by atoms with Gasteiger partial charge in [-0.2, -0.15) is 18.3 Å². The molecule has 1 aromatic carbocycles. The van der Waals surface area contributed by atoms with Gasteiger partial charge in [0, 0.05) is 18.8 Å². The predicted molar refractivity (Wildman–Crippen MR) is 107 cm³/mol. The maximum absolute atomic E-state index is 13.3. The standard InChI is InChI=1S/C22H23F3N4O/c1-4-15(2)28(14-17-8-6-5-7-9-17)21(30)19-13-27-29(16(19)3)20-11-10-18(12-26-20)22(23,24)25/h5-13,15H,4,14H2,1-3H3. The number of carbonyl (C=O) groups is 1. The average molecular weight is 416 g/mol. The molecule has 0 saturated heterocycles. The third-order valence-corrected chi connectivity index (χ3v) is 5.11. The van der Waals surface area contributed by atoms with E-state index in [9.17, 15) is 18.0 Å². The minimum atomic E-state index is -4.46. The molecule has 158 valence electrons. The number of halogens is 3. The van der Waals surface area contributed by atoms with E-state index in [1.807, 2.05) is 44.2 Å². The fourth-order valence-corrected chi connectivity index (χ4v) is 3.11. The Morgan fingerprint density at radius 2 is 1.83 bits per heavy atom. The van der Waals surface area contributed by atoms with Gasteiger partial charge in [0.15, 0.2) is 5.82 Å². The van der Waals surface area contributed by atoms with Gasteiger partial charge in [-0.1, -0.05) is 37.3 Å². The Balaban J connectivity index is 1.89. The highest BCUT2D eigenvalue weighted by Gasteiger charge is 2.31. The van der Waals surface area contributed by atoms with E-state index < -0.39 is 11.7 Å². The number of amides is 1. The minimum Gasteiger partial charge on any atom is -0.332 e. The third kappa shape index (κ3) is 4.53. The fourth-order valence-electron chi connectivity index (χ4n) is 3.11. The maximum atomic E-state index is 13.3. The Morgan fingerprint density at radius 1 is 1.13 bits per heavy atom. The summed E-state index contributed by atoms with van der Waals surface area (Å²) in [6, 6.07) is 11.9. The first-order valence-electron chi connectivity index (χ1n) is 9.65. The van der Waals surface area contributed by atoms with E-state index >= 15 is 0 Å². The monoisotopic (exact) mass is 416 g/mol. The van der Waals surface area contributed by atoms with Gasteiger partial charge in [0.05, 0.1) is 23.0 Å². The van der Waals surface area contributed by atoms with Gasteiger partial charge in [0.25, 0.3) is 5.91 Å². The molecule has 0 aliphatic carbocycles. The van der Waals surface area contributed by atoms with Crippen LogP contribution in [0.1, 0.15) is 47.4 Å². The van der Waals surface area contributed by atoms with Crippen molar-refractivity contribution in [3.63, 3.8) is 0 Å². The number of carbonyl (C=O) groups excluding carboxylic acids is 1. The minimum absolute atomic E-state index is 0.00431. The van der Waals surface area contributed by atoms with Crippen LogP contribution in [-0.4, -0.2) is 31.6 Å². The summed E-state index contributed by atoms with van der Waals surface area (Å²) in [5.41, 5.74) is 1.10. The molecule has 0 bridgehead atoms. The molecular formula is C22H23F3N4O. The molecule has 1 atom stereocenters. The van der Waals surface area contributed by atoms with Gasteiger partial charge in [0.1, 0.15) is 0 Å². The highest BCUT2D eigenvalue weighted by atomic mass is 19.4. The van der Waals surface area contributed by atoms with Crippen molar-refractivity contribution < 1.29 is 18.0 Å². The number of alkyl halides is 3. The Morgan fingerprint density at radius 3 is 2.40 bits per heavy atom. The van der Waals surface area contributed by atoms with Crippen LogP contribution in [0, 0.1) is 6.92 Å². The maximum Gasteiger partial charge on any atom is 0.417 e. The van der Waals surface area contributed by atoms with Crippen LogP contribution < -0.4 is 0 Å². The Labute approximate surface area is 173 Å². The molecule has 0 saturated carbocycles. The molecule has 8 heteroatoms. The number of aromatic nitrogens is 3. The van der Waals surface area contributed by atoms with E-state index in [2.05, 4.69) is 10.1 Å². The number of benzene rings is 1. The van der Waals surface area contributed by atoms with Crippen molar-refractivity contribution in [2.75, 3.05) is 0 Å². The molecule has 1 amide bonds. The molecule has 3 rings (SSSR count). The molecule has 0 radical (unpaired) electrons. The Kier molecular flexibility index (Phi) is 6.24. The zero-order valence-corrected chi connectivity index (χ0v) is 17.0. The molecule has 1 unspecified atom stereocenters. The van der Waals surface area contributed by atoms with Crippen LogP contribution in [0.3, 0.4) is 0 Å². The van der Waals surface area contributed by atoms with Crippen LogP contribution in [0.5, 0.6) is 0 Å². The lowest BCUT2D eigenvalue weighted by molar-refractivity contribution is -0.137. The van der Waals surface area contributed by atoms with Crippen LogP contribution >= 0.6 is 0 Å². The fraction of sp³-hybridized carbons (Fsp3) is 0.318. The molecule has 2 aromatic heterocycles. The smallest absolute Gasteiger partial charge is 0.332 e. The normalized spacial score (nSPS) is 12.6. The number of hydrogen-bond acceptors (Lipinski definition) is 3. The summed E-state index contributed by atoms with van der Waals surface area (Å²) in [5.74, 6) is 0.0431. The highest BCUT2D eigenvalue weighted by molar-refractivity contribution is 5.95. The number of pyridine rings is 1. The molecule has 0 fully saturated rings. The molecule has 3 aromatic rings. The molecule has 2 heterocycles. The first-order valence-corrected chi connectivity index (χ1v) is 9.65. The third-order valence-electron chi connectivity index (χ3n) is 5.11. The van der Waals surface area contributed by atoms with Gasteiger partial charge in [0.2, 0.25) is 0 Å². The number of rotatable bonds is 6. The van der Waals surface area contributed by atoms with Crippen molar-refractivity contribution in [2.24, 2.45) is 0 Å². The van der Waals surface area contributed by atoms with E-state index in [0.29, 0.717) is 17.8 Å². The van der Waals surface area contributed by atoms with E-state index in [1.165, 1.54) is 16.9 Å². The summed E-state index contributed by atoms with van der Waals surface area (Å²) >= 11 is 0. The van der Waals surface area contributed by atoms with Crippen LogP contribution in [0.2, 0.25) is 0 Å². The topological polar surface area (TPSA) is 51.0 Å². The van der Waals surface area contributed by atoms with Gasteiger partial charge in [-0.05, 0) is 38.0 Å². The van der Waals surface area contributed by atoms with Gasteiger partial charge < -0.3 is 4.90 Å². The van der Waals surface area contributed by atoms with Crippen molar-refractivity contribution in [1.82, 2.24) is 19.7 Å². The average Bonchev–Trinajstić information content (AvgIpc) is 3.12. The molecule has 5 nitrogen and oxygen atoms in total. The van der Waals surface area contributed by atoms with E-state index in [0.717, 1.165) is 24.2 Å². The molecule has 0 spiro atoms. The summed E-state index contributed by atoms with van der Waals surface area (Å²) in [5, 5.41) is 4.20. The summed E-state index contributed by atoms with van der Waals surface area (Å²) < 4.78 is 39.7. The Bertz CT molecular complexity index is 997. The van der Waals surface area contributed by atoms with E-state index in [4.69, 9.17) is 0 Å². The van der Waals surface area contributed by atoms with Crippen molar-refractivity contribution in [3.05, 3.63) is 77.2 Å². The quantitative estimate of drug-likeness (QED) is 0.566. The highest BCUT2D eigenvalue weighted by Crippen LogP contribution is 2.29. The molecule has 0 aliphatic heterocycles. The largest absolute Gasteiger partial charge is 0.417 e. The summed E-state index contributed by atoms with van der Waals surface area (Å²) in [6.45, 7) is 6.16. The summed E-state index contributed by atoms with van der Waals surface area (Å²) in [4.78, 5) is 19.0. The summed E-state index contributed by atoms with van der Waals surface area (Å²) in [7, 11) is 0. The molecule has 30 heavy (non-hydrogen) atoms. The Hall–Kier alpha value is -3.16. The molecule has 0 N–H and O–H groups in total. The van der Waals surface area contributed by atoms with Gasteiger partial charge >= 0.3 is 6.18 Å². The lowest BCUT2D eigenvalue weighted by Gasteiger charge is -2.28.